The highest BCUT2D eigenvalue weighted by Gasteiger charge is 2.17. The van der Waals surface area contributed by atoms with Gasteiger partial charge in [-0.15, -0.1) is 0 Å². The number of piperidine rings is 1. The lowest BCUT2D eigenvalue weighted by Crippen LogP contribution is -2.36. The molecule has 1 aliphatic rings. The first-order chi connectivity index (χ1) is 9.79. The maximum Gasteiger partial charge on any atom is 0.338 e. The lowest BCUT2D eigenvalue weighted by molar-refractivity contribution is 0.0480. The molecule has 0 bridgehead atoms. The molecule has 1 unspecified atom stereocenters. The number of ether oxygens (including phenoxy) is 1. The summed E-state index contributed by atoms with van der Waals surface area (Å²) < 4.78 is 5.31. The lowest BCUT2D eigenvalue weighted by Gasteiger charge is -2.32. The standard InChI is InChI=1S/C17H25NO2/c1-2-15-8-6-11-18(14-15)12-7-13-20-17(19)16-9-4-3-5-10-16/h3-5,9-10,15H,2,6-8,11-14H2,1H3. The van der Waals surface area contributed by atoms with Crippen molar-refractivity contribution in [2.45, 2.75) is 32.6 Å². The highest BCUT2D eigenvalue weighted by Crippen LogP contribution is 2.19. The molecule has 0 aliphatic carbocycles. The number of nitrogens with zero attached hydrogens (tertiary/aromatic N) is 1. The minimum absolute atomic E-state index is 0.212. The van der Waals surface area contributed by atoms with Gasteiger partial charge in [0, 0.05) is 13.1 Å². The van der Waals surface area contributed by atoms with Crippen LogP contribution in [0.4, 0.5) is 0 Å². The third-order valence-electron chi connectivity index (χ3n) is 4.04. The fraction of sp³-hybridized carbons (Fsp3) is 0.588. The van der Waals surface area contributed by atoms with Crippen molar-refractivity contribution in [3.8, 4) is 0 Å². The van der Waals surface area contributed by atoms with Gasteiger partial charge in [-0.05, 0) is 43.9 Å². The minimum Gasteiger partial charge on any atom is -0.462 e. The van der Waals surface area contributed by atoms with E-state index >= 15 is 0 Å². The SMILES string of the molecule is CCC1CCCN(CCCOC(=O)c2ccccc2)C1. The van der Waals surface area contributed by atoms with Gasteiger partial charge in [0.2, 0.25) is 0 Å². The number of carbonyl (C=O) groups is 1. The molecule has 0 radical (unpaired) electrons. The monoisotopic (exact) mass is 275 g/mol. The summed E-state index contributed by atoms with van der Waals surface area (Å²) in [5, 5.41) is 0. The predicted octanol–water partition coefficient (Wildman–Crippen LogP) is 3.36. The van der Waals surface area contributed by atoms with Crippen LogP contribution >= 0.6 is 0 Å². The lowest BCUT2D eigenvalue weighted by atomic mass is 9.96. The Morgan fingerprint density at radius 1 is 1.35 bits per heavy atom. The van der Waals surface area contributed by atoms with Crippen molar-refractivity contribution in [2.75, 3.05) is 26.2 Å². The largest absolute Gasteiger partial charge is 0.462 e. The van der Waals surface area contributed by atoms with Crippen LogP contribution in [0.5, 0.6) is 0 Å². The van der Waals surface area contributed by atoms with Gasteiger partial charge >= 0.3 is 5.97 Å². The summed E-state index contributed by atoms with van der Waals surface area (Å²) in [5.74, 6) is 0.645. The van der Waals surface area contributed by atoms with Gasteiger partial charge in [-0.2, -0.15) is 0 Å². The molecule has 1 aromatic carbocycles. The number of carbonyl (C=O) groups excluding carboxylic acids is 1. The molecule has 1 aromatic rings. The second-order valence-electron chi connectivity index (χ2n) is 5.57. The van der Waals surface area contributed by atoms with Crippen molar-refractivity contribution in [1.29, 1.82) is 0 Å². The summed E-state index contributed by atoms with van der Waals surface area (Å²) in [7, 11) is 0. The first-order valence-electron chi connectivity index (χ1n) is 7.74. The second kappa shape index (κ2) is 8.05. The van der Waals surface area contributed by atoms with E-state index in [2.05, 4.69) is 11.8 Å². The molecule has 1 saturated heterocycles. The first-order valence-corrected chi connectivity index (χ1v) is 7.74. The Hall–Kier alpha value is -1.35. The fourth-order valence-electron chi connectivity index (χ4n) is 2.80. The van der Waals surface area contributed by atoms with E-state index in [9.17, 15) is 4.79 Å². The van der Waals surface area contributed by atoms with Crippen molar-refractivity contribution >= 4 is 5.97 Å². The van der Waals surface area contributed by atoms with Gasteiger partial charge < -0.3 is 9.64 Å². The van der Waals surface area contributed by atoms with Crippen LogP contribution in [0, 0.1) is 5.92 Å². The molecule has 110 valence electrons. The van der Waals surface area contributed by atoms with Crippen LogP contribution in [0.3, 0.4) is 0 Å². The molecule has 1 fully saturated rings. The van der Waals surface area contributed by atoms with Crippen LogP contribution in [-0.4, -0.2) is 37.1 Å². The van der Waals surface area contributed by atoms with Gasteiger partial charge in [-0.3, -0.25) is 0 Å². The van der Waals surface area contributed by atoms with Crippen molar-refractivity contribution in [3.05, 3.63) is 35.9 Å². The third kappa shape index (κ3) is 4.64. The number of rotatable bonds is 6. The topological polar surface area (TPSA) is 29.5 Å². The van der Waals surface area contributed by atoms with E-state index in [0.717, 1.165) is 18.9 Å². The number of likely N-dealkylation sites (tertiary alicyclic amines) is 1. The van der Waals surface area contributed by atoms with Crippen molar-refractivity contribution < 1.29 is 9.53 Å². The molecule has 0 aromatic heterocycles. The molecule has 3 heteroatoms. The van der Waals surface area contributed by atoms with Crippen LogP contribution in [-0.2, 0) is 4.74 Å². The zero-order valence-corrected chi connectivity index (χ0v) is 12.4. The quantitative estimate of drug-likeness (QED) is 0.589. The third-order valence-corrected chi connectivity index (χ3v) is 4.04. The van der Waals surface area contributed by atoms with Gasteiger partial charge in [0.1, 0.15) is 0 Å². The Kier molecular flexibility index (Phi) is 6.06. The van der Waals surface area contributed by atoms with Gasteiger partial charge in [0.25, 0.3) is 0 Å². The van der Waals surface area contributed by atoms with E-state index in [0.29, 0.717) is 12.2 Å². The van der Waals surface area contributed by atoms with Crippen LogP contribution in [0.1, 0.15) is 43.0 Å². The molecule has 0 N–H and O–H groups in total. The van der Waals surface area contributed by atoms with E-state index in [-0.39, 0.29) is 5.97 Å². The predicted molar refractivity (Wildman–Crippen MR) is 80.8 cm³/mol. The average Bonchev–Trinajstić information content (AvgIpc) is 2.52. The summed E-state index contributed by atoms with van der Waals surface area (Å²) in [6.07, 6.45) is 4.88. The van der Waals surface area contributed by atoms with Crippen LogP contribution in [0.2, 0.25) is 0 Å². The summed E-state index contributed by atoms with van der Waals surface area (Å²) in [4.78, 5) is 14.3. The Balaban J connectivity index is 1.63. The Labute approximate surface area is 121 Å². The molecule has 20 heavy (non-hydrogen) atoms. The molecule has 2 rings (SSSR count). The Morgan fingerprint density at radius 2 is 2.15 bits per heavy atom. The smallest absolute Gasteiger partial charge is 0.338 e. The molecular weight excluding hydrogens is 250 g/mol. The van der Waals surface area contributed by atoms with Gasteiger partial charge in [-0.1, -0.05) is 31.5 Å². The highest BCUT2D eigenvalue weighted by molar-refractivity contribution is 5.89. The zero-order valence-electron chi connectivity index (χ0n) is 12.4. The molecule has 3 nitrogen and oxygen atoms in total. The van der Waals surface area contributed by atoms with E-state index in [1.54, 1.807) is 12.1 Å². The van der Waals surface area contributed by atoms with E-state index in [1.165, 1.54) is 32.4 Å². The number of hydrogen-bond donors (Lipinski definition) is 0. The molecule has 0 spiro atoms. The maximum atomic E-state index is 11.8. The Bertz CT molecular complexity index is 405. The molecule has 1 aliphatic heterocycles. The fourth-order valence-corrected chi connectivity index (χ4v) is 2.80. The van der Waals surface area contributed by atoms with Crippen molar-refractivity contribution in [1.82, 2.24) is 4.90 Å². The number of benzene rings is 1. The van der Waals surface area contributed by atoms with Gasteiger partial charge in [-0.25, -0.2) is 4.79 Å². The van der Waals surface area contributed by atoms with E-state index in [4.69, 9.17) is 4.74 Å². The van der Waals surface area contributed by atoms with Gasteiger partial charge in [0.05, 0.1) is 12.2 Å². The van der Waals surface area contributed by atoms with Crippen LogP contribution in [0.25, 0.3) is 0 Å². The normalized spacial score (nSPS) is 19.8. The highest BCUT2D eigenvalue weighted by atomic mass is 16.5. The first kappa shape index (κ1) is 15.0. The number of hydrogen-bond acceptors (Lipinski definition) is 3. The molecule has 0 amide bonds. The minimum atomic E-state index is -0.212. The summed E-state index contributed by atoms with van der Waals surface area (Å²) in [5.41, 5.74) is 0.636. The second-order valence-corrected chi connectivity index (χ2v) is 5.57. The van der Waals surface area contributed by atoms with Crippen molar-refractivity contribution in [3.63, 3.8) is 0 Å². The zero-order chi connectivity index (χ0) is 14.2. The molecule has 1 heterocycles. The molecule has 0 saturated carbocycles. The maximum absolute atomic E-state index is 11.8. The summed E-state index contributed by atoms with van der Waals surface area (Å²) in [6.45, 7) is 6.24. The molecular formula is C17H25NO2. The van der Waals surface area contributed by atoms with Gasteiger partial charge in [0.15, 0.2) is 0 Å². The van der Waals surface area contributed by atoms with Crippen LogP contribution < -0.4 is 0 Å². The van der Waals surface area contributed by atoms with E-state index in [1.807, 2.05) is 18.2 Å². The summed E-state index contributed by atoms with van der Waals surface area (Å²) >= 11 is 0. The molecule has 1 atom stereocenters. The van der Waals surface area contributed by atoms with Crippen LogP contribution in [0.15, 0.2) is 30.3 Å². The number of esters is 1. The van der Waals surface area contributed by atoms with Crippen molar-refractivity contribution in [2.24, 2.45) is 5.92 Å². The summed E-state index contributed by atoms with van der Waals surface area (Å²) in [6, 6.07) is 9.19. The Morgan fingerprint density at radius 3 is 2.90 bits per heavy atom. The van der Waals surface area contributed by atoms with E-state index < -0.39 is 0 Å². The average molecular weight is 275 g/mol.